The van der Waals surface area contributed by atoms with E-state index in [1.165, 1.54) is 19.3 Å². The van der Waals surface area contributed by atoms with E-state index in [1.54, 1.807) is 0 Å². The molecule has 0 saturated carbocycles. The van der Waals surface area contributed by atoms with Crippen LogP contribution in [0.3, 0.4) is 0 Å². The SMILES string of the molecule is CCCCCCCC(CC)P(=O)(O)O. The molecule has 86 valence electrons. The molecule has 2 N–H and O–H groups in total. The Morgan fingerprint density at radius 2 is 1.64 bits per heavy atom. The smallest absolute Gasteiger partial charge is 0.324 e. The van der Waals surface area contributed by atoms with Crippen LogP contribution in [0.25, 0.3) is 0 Å². The first-order valence-electron chi connectivity index (χ1n) is 5.57. The molecule has 3 nitrogen and oxygen atoms in total. The molecule has 0 aromatic heterocycles. The summed E-state index contributed by atoms with van der Waals surface area (Å²) >= 11 is 0. The minimum absolute atomic E-state index is 0.413. The van der Waals surface area contributed by atoms with Gasteiger partial charge in [-0.25, -0.2) is 0 Å². The lowest BCUT2D eigenvalue weighted by Crippen LogP contribution is -2.06. The predicted molar refractivity (Wildman–Crippen MR) is 59.5 cm³/mol. The third-order valence-corrected chi connectivity index (χ3v) is 4.16. The molecule has 1 atom stereocenters. The van der Waals surface area contributed by atoms with Gasteiger partial charge in [0, 0.05) is 0 Å². The third-order valence-electron chi connectivity index (χ3n) is 2.59. The van der Waals surface area contributed by atoms with Crippen LogP contribution in [0.15, 0.2) is 0 Å². The fourth-order valence-corrected chi connectivity index (χ4v) is 2.59. The largest absolute Gasteiger partial charge is 0.328 e. The molecule has 1 unspecified atom stereocenters. The molecule has 4 heteroatoms. The summed E-state index contributed by atoms with van der Waals surface area (Å²) in [6, 6.07) is 0. The maximum atomic E-state index is 11.0. The van der Waals surface area contributed by atoms with Crippen LogP contribution in [-0.4, -0.2) is 15.4 Å². The lowest BCUT2D eigenvalue weighted by atomic mass is 10.1. The molecule has 0 aliphatic rings. The highest BCUT2D eigenvalue weighted by molar-refractivity contribution is 7.52. The van der Waals surface area contributed by atoms with Gasteiger partial charge in [0.15, 0.2) is 0 Å². The lowest BCUT2D eigenvalue weighted by Gasteiger charge is -2.15. The molecule has 0 aromatic carbocycles. The molecular weight excluding hydrogens is 199 g/mol. The highest BCUT2D eigenvalue weighted by Gasteiger charge is 2.25. The number of unbranched alkanes of at least 4 members (excludes halogenated alkanes) is 4. The second-order valence-corrected chi connectivity index (χ2v) is 5.76. The quantitative estimate of drug-likeness (QED) is 0.489. The Kier molecular flexibility index (Phi) is 7.52. The third kappa shape index (κ3) is 6.58. The summed E-state index contributed by atoms with van der Waals surface area (Å²) in [7, 11) is -3.83. The van der Waals surface area contributed by atoms with E-state index in [9.17, 15) is 4.57 Å². The minimum Gasteiger partial charge on any atom is -0.324 e. The molecule has 0 rings (SSSR count). The van der Waals surface area contributed by atoms with Gasteiger partial charge < -0.3 is 9.79 Å². The van der Waals surface area contributed by atoms with Crippen LogP contribution in [0.2, 0.25) is 0 Å². The van der Waals surface area contributed by atoms with Crippen LogP contribution in [0.4, 0.5) is 0 Å². The summed E-state index contributed by atoms with van der Waals surface area (Å²) in [5.74, 6) is 0. The van der Waals surface area contributed by atoms with E-state index < -0.39 is 13.3 Å². The number of hydrogen-bond donors (Lipinski definition) is 2. The van der Waals surface area contributed by atoms with Gasteiger partial charge in [0.05, 0.1) is 5.66 Å². The molecule has 0 amide bonds. The summed E-state index contributed by atoms with van der Waals surface area (Å²) < 4.78 is 11.0. The first kappa shape index (κ1) is 14.2. The average Bonchev–Trinajstić information content (AvgIpc) is 2.09. The average molecular weight is 222 g/mol. The summed E-state index contributed by atoms with van der Waals surface area (Å²) in [5.41, 5.74) is -0.413. The van der Waals surface area contributed by atoms with Crippen molar-refractivity contribution in [3.63, 3.8) is 0 Å². The Bertz CT molecular complexity index is 176. The summed E-state index contributed by atoms with van der Waals surface area (Å²) in [5, 5.41) is 0. The molecule has 0 bridgehead atoms. The van der Waals surface area contributed by atoms with Crippen molar-refractivity contribution in [3.8, 4) is 0 Å². The molecule has 0 saturated heterocycles. The Labute approximate surface area is 87.1 Å². The van der Waals surface area contributed by atoms with Crippen LogP contribution < -0.4 is 0 Å². The van der Waals surface area contributed by atoms with Crippen molar-refractivity contribution in [2.75, 3.05) is 0 Å². The zero-order valence-electron chi connectivity index (χ0n) is 9.28. The van der Waals surface area contributed by atoms with Gasteiger partial charge in [0.2, 0.25) is 0 Å². The van der Waals surface area contributed by atoms with Gasteiger partial charge in [-0.05, 0) is 12.8 Å². The highest BCUT2D eigenvalue weighted by Crippen LogP contribution is 2.45. The lowest BCUT2D eigenvalue weighted by molar-refractivity contribution is 0.350. The Balaban J connectivity index is 3.59. The summed E-state index contributed by atoms with van der Waals surface area (Å²) in [6.07, 6.45) is 6.92. The van der Waals surface area contributed by atoms with Crippen molar-refractivity contribution in [1.82, 2.24) is 0 Å². The molecule has 0 fully saturated rings. The second kappa shape index (κ2) is 7.44. The molecule has 0 aromatic rings. The first-order valence-corrected chi connectivity index (χ1v) is 7.25. The predicted octanol–water partition coefficient (Wildman–Crippen LogP) is 3.30. The Hall–Kier alpha value is 0.150. The summed E-state index contributed by atoms with van der Waals surface area (Å²) in [6.45, 7) is 4.00. The molecule has 0 radical (unpaired) electrons. The van der Waals surface area contributed by atoms with Crippen LogP contribution in [0.5, 0.6) is 0 Å². The van der Waals surface area contributed by atoms with Gasteiger partial charge in [-0.1, -0.05) is 46.0 Å². The standard InChI is InChI=1S/C10H23O3P/c1-3-5-6-7-8-9-10(4-2)14(11,12)13/h10H,3-9H2,1-2H3,(H2,11,12,13). The monoisotopic (exact) mass is 222 g/mol. The van der Waals surface area contributed by atoms with Crippen molar-refractivity contribution >= 4 is 7.60 Å². The second-order valence-electron chi connectivity index (χ2n) is 3.85. The molecular formula is C10H23O3P. The number of rotatable bonds is 8. The minimum atomic E-state index is -3.83. The zero-order chi connectivity index (χ0) is 11.0. The van der Waals surface area contributed by atoms with Crippen LogP contribution in [-0.2, 0) is 4.57 Å². The van der Waals surface area contributed by atoms with E-state index in [2.05, 4.69) is 6.92 Å². The molecule has 0 aliphatic heterocycles. The van der Waals surface area contributed by atoms with Crippen molar-refractivity contribution in [3.05, 3.63) is 0 Å². The van der Waals surface area contributed by atoms with Crippen molar-refractivity contribution in [1.29, 1.82) is 0 Å². The van der Waals surface area contributed by atoms with Gasteiger partial charge in [-0.3, -0.25) is 4.57 Å². The van der Waals surface area contributed by atoms with E-state index in [1.807, 2.05) is 6.92 Å². The van der Waals surface area contributed by atoms with E-state index in [-0.39, 0.29) is 0 Å². The Morgan fingerprint density at radius 1 is 1.07 bits per heavy atom. The zero-order valence-corrected chi connectivity index (χ0v) is 10.2. The topological polar surface area (TPSA) is 57.5 Å². The van der Waals surface area contributed by atoms with Crippen molar-refractivity contribution in [2.24, 2.45) is 0 Å². The van der Waals surface area contributed by atoms with Crippen LogP contribution in [0, 0.1) is 0 Å². The van der Waals surface area contributed by atoms with Gasteiger partial charge in [0.25, 0.3) is 0 Å². The molecule has 0 heterocycles. The van der Waals surface area contributed by atoms with Gasteiger partial charge in [-0.2, -0.15) is 0 Å². The van der Waals surface area contributed by atoms with E-state index in [0.717, 1.165) is 12.8 Å². The first-order chi connectivity index (χ1) is 6.52. The highest BCUT2D eigenvalue weighted by atomic mass is 31.2. The van der Waals surface area contributed by atoms with E-state index in [4.69, 9.17) is 9.79 Å². The summed E-state index contributed by atoms with van der Waals surface area (Å²) in [4.78, 5) is 18.0. The van der Waals surface area contributed by atoms with Gasteiger partial charge in [0.1, 0.15) is 0 Å². The molecule has 0 aliphatic carbocycles. The van der Waals surface area contributed by atoms with Crippen molar-refractivity contribution in [2.45, 2.75) is 64.5 Å². The normalized spacial score (nSPS) is 14.3. The maximum Gasteiger partial charge on any atom is 0.328 e. The maximum absolute atomic E-state index is 11.0. The fraction of sp³-hybridized carbons (Fsp3) is 1.00. The van der Waals surface area contributed by atoms with Crippen molar-refractivity contribution < 1.29 is 14.4 Å². The van der Waals surface area contributed by atoms with E-state index >= 15 is 0 Å². The molecule has 14 heavy (non-hydrogen) atoms. The fourth-order valence-electron chi connectivity index (χ4n) is 1.59. The number of hydrogen-bond acceptors (Lipinski definition) is 1. The van der Waals surface area contributed by atoms with Crippen LogP contribution in [0.1, 0.15) is 58.8 Å². The molecule has 0 spiro atoms. The van der Waals surface area contributed by atoms with Gasteiger partial charge in [-0.15, -0.1) is 0 Å². The Morgan fingerprint density at radius 3 is 2.07 bits per heavy atom. The van der Waals surface area contributed by atoms with Gasteiger partial charge >= 0.3 is 7.60 Å². The van der Waals surface area contributed by atoms with Crippen LogP contribution >= 0.6 is 7.60 Å². The van der Waals surface area contributed by atoms with E-state index in [0.29, 0.717) is 12.8 Å².